The molecule has 0 aromatic rings. The van der Waals surface area contributed by atoms with Crippen molar-refractivity contribution in [1.82, 2.24) is 0 Å². The van der Waals surface area contributed by atoms with E-state index >= 15 is 4.39 Å². The summed E-state index contributed by atoms with van der Waals surface area (Å²) < 4.78 is 82.9. The van der Waals surface area contributed by atoms with Crippen LogP contribution in [0.1, 0.15) is 41.0 Å². The first kappa shape index (κ1) is 25.1. The molecule has 0 aliphatic rings. The van der Waals surface area contributed by atoms with E-state index < -0.39 is 54.5 Å². The largest absolute Gasteiger partial charge is 0.459 e. The molecule has 0 heterocycles. The van der Waals surface area contributed by atoms with Crippen LogP contribution >= 0.6 is 0 Å². The highest BCUT2D eigenvalue weighted by atomic mass is 19.3. The Morgan fingerprint density at radius 3 is 1.44 bits per heavy atom. The van der Waals surface area contributed by atoms with Crippen molar-refractivity contribution in [2.24, 2.45) is 0 Å². The van der Waals surface area contributed by atoms with E-state index in [1.165, 1.54) is 13.8 Å². The van der Waals surface area contributed by atoms with Crippen LogP contribution in [0.3, 0.4) is 0 Å². The topological polar surface area (TPSA) is 52.6 Å². The average Bonchev–Trinajstić information content (AvgIpc) is 2.55. The summed E-state index contributed by atoms with van der Waals surface area (Å²) in [7, 11) is 0. The molecule has 0 amide bonds. The van der Waals surface area contributed by atoms with Crippen molar-refractivity contribution >= 4 is 11.9 Å². The second-order valence-electron chi connectivity index (χ2n) is 6.84. The van der Waals surface area contributed by atoms with Crippen LogP contribution in [0, 0.1) is 0 Å². The van der Waals surface area contributed by atoms with Crippen LogP contribution in [0.5, 0.6) is 0 Å². The summed E-state index contributed by atoms with van der Waals surface area (Å²) in [4.78, 5) is 22.7. The molecule has 0 fully saturated rings. The fourth-order valence-electron chi connectivity index (χ4n) is 2.18. The Morgan fingerprint density at radius 2 is 1.15 bits per heavy atom. The van der Waals surface area contributed by atoms with Gasteiger partial charge in [0.25, 0.3) is 0 Å². The third kappa shape index (κ3) is 5.07. The number of alkyl halides is 5. The second-order valence-corrected chi connectivity index (χ2v) is 6.84. The molecule has 0 aliphatic carbocycles. The molecule has 0 N–H and O–H groups in total. The van der Waals surface area contributed by atoms with Crippen molar-refractivity contribution in [2.75, 3.05) is 13.2 Å². The molecular formula is C18H25F5O4. The van der Waals surface area contributed by atoms with Gasteiger partial charge in [0.15, 0.2) is 5.67 Å². The van der Waals surface area contributed by atoms with Gasteiger partial charge in [0.2, 0.25) is 11.3 Å². The van der Waals surface area contributed by atoms with E-state index in [0.717, 1.165) is 6.92 Å². The maximum atomic E-state index is 15.2. The zero-order valence-corrected chi connectivity index (χ0v) is 16.1. The van der Waals surface area contributed by atoms with Crippen molar-refractivity contribution in [3.8, 4) is 0 Å². The third-order valence-corrected chi connectivity index (χ3v) is 4.11. The molecule has 0 saturated heterocycles. The highest BCUT2D eigenvalue weighted by molar-refractivity contribution is 5.87. The van der Waals surface area contributed by atoms with E-state index in [4.69, 9.17) is 0 Å². The van der Waals surface area contributed by atoms with Gasteiger partial charge < -0.3 is 9.47 Å². The van der Waals surface area contributed by atoms with E-state index in [1.54, 1.807) is 0 Å². The molecule has 0 saturated carbocycles. The third-order valence-electron chi connectivity index (χ3n) is 4.11. The van der Waals surface area contributed by atoms with Gasteiger partial charge in [0.1, 0.15) is 13.2 Å². The van der Waals surface area contributed by atoms with Crippen LogP contribution in [-0.4, -0.2) is 48.1 Å². The minimum Gasteiger partial charge on any atom is -0.459 e. The van der Waals surface area contributed by atoms with Crippen molar-refractivity contribution in [3.63, 3.8) is 0 Å². The lowest BCUT2D eigenvalue weighted by Crippen LogP contribution is -2.67. The Morgan fingerprint density at radius 1 is 0.815 bits per heavy atom. The number of hydrogen-bond acceptors (Lipinski definition) is 4. The van der Waals surface area contributed by atoms with Gasteiger partial charge in [-0.1, -0.05) is 20.1 Å². The first-order valence-electron chi connectivity index (χ1n) is 8.06. The molecule has 0 radical (unpaired) electrons. The van der Waals surface area contributed by atoms with Gasteiger partial charge in [-0.2, -0.15) is 8.78 Å². The quantitative estimate of drug-likeness (QED) is 0.309. The summed E-state index contributed by atoms with van der Waals surface area (Å²) in [6.07, 6.45) is -1.15. The predicted molar refractivity (Wildman–Crippen MR) is 89.6 cm³/mol. The fourth-order valence-corrected chi connectivity index (χ4v) is 2.18. The number of rotatable bonds is 10. The van der Waals surface area contributed by atoms with Crippen LogP contribution in [0.2, 0.25) is 0 Å². The van der Waals surface area contributed by atoms with E-state index in [0.29, 0.717) is 13.8 Å². The first-order chi connectivity index (χ1) is 12.0. The molecule has 0 spiro atoms. The first-order valence-corrected chi connectivity index (χ1v) is 8.06. The number of hydrogen-bond donors (Lipinski definition) is 0. The van der Waals surface area contributed by atoms with E-state index in [1.807, 2.05) is 0 Å². The Hall–Kier alpha value is -1.93. The van der Waals surface area contributed by atoms with Crippen molar-refractivity contribution < 1.29 is 41.0 Å². The normalized spacial score (nSPS) is 18.4. The standard InChI is InChI=1S/C18H25F5O4/c1-8-17(21,15(6,19)9-26-13(24)11(2)3)18(22,23)16(7,20)10-27-14(25)12(4)5/h2,4,8-10H2,1,3,5-7H3. The Kier molecular flexibility index (Phi) is 7.79. The molecule has 3 unspecified atom stereocenters. The fraction of sp³-hybridized carbons (Fsp3) is 0.667. The minimum atomic E-state index is -4.94. The van der Waals surface area contributed by atoms with E-state index in [9.17, 15) is 27.2 Å². The van der Waals surface area contributed by atoms with Crippen LogP contribution in [0.25, 0.3) is 0 Å². The van der Waals surface area contributed by atoms with Crippen molar-refractivity contribution in [3.05, 3.63) is 24.3 Å². The molecule has 4 nitrogen and oxygen atoms in total. The van der Waals surface area contributed by atoms with Gasteiger partial charge in [0, 0.05) is 11.1 Å². The summed E-state index contributed by atoms with van der Waals surface area (Å²) in [6, 6.07) is 0. The number of ether oxygens (including phenoxy) is 2. The van der Waals surface area contributed by atoms with Gasteiger partial charge in [-0.15, -0.1) is 0 Å². The van der Waals surface area contributed by atoms with Crippen LogP contribution in [-0.2, 0) is 19.1 Å². The summed E-state index contributed by atoms with van der Waals surface area (Å²) in [5.74, 6) is -7.21. The van der Waals surface area contributed by atoms with E-state index in [2.05, 4.69) is 22.6 Å². The van der Waals surface area contributed by atoms with Crippen LogP contribution in [0.4, 0.5) is 22.0 Å². The summed E-state index contributed by atoms with van der Waals surface area (Å²) in [5.41, 5.74) is -11.6. The SMILES string of the molecule is C=C(C)C(=O)OCC(C)(F)C(F)(F)C(F)(CC)C(C)(F)COC(=O)C(=C)C. The molecular weight excluding hydrogens is 375 g/mol. The summed E-state index contributed by atoms with van der Waals surface area (Å²) >= 11 is 0. The molecule has 0 aromatic heterocycles. The number of carbonyl (C=O) groups is 2. The molecule has 0 rings (SSSR count). The number of halogens is 5. The Bertz CT molecular complexity index is 613. The van der Waals surface area contributed by atoms with Gasteiger partial charge in [-0.25, -0.2) is 22.8 Å². The molecule has 0 aliphatic heterocycles. The second kappa shape index (κ2) is 8.39. The lowest BCUT2D eigenvalue weighted by molar-refractivity contribution is -0.271. The summed E-state index contributed by atoms with van der Waals surface area (Å²) in [5, 5.41) is 0. The van der Waals surface area contributed by atoms with E-state index in [-0.39, 0.29) is 11.1 Å². The minimum absolute atomic E-state index is 0.152. The predicted octanol–water partition coefficient (Wildman–Crippen LogP) is 4.44. The van der Waals surface area contributed by atoms with Crippen molar-refractivity contribution in [1.29, 1.82) is 0 Å². The Balaban J connectivity index is 5.69. The van der Waals surface area contributed by atoms with Gasteiger partial charge in [-0.3, -0.25) is 0 Å². The summed E-state index contributed by atoms with van der Waals surface area (Å²) in [6.45, 7) is 7.56. The molecule has 3 atom stereocenters. The van der Waals surface area contributed by atoms with Crippen LogP contribution < -0.4 is 0 Å². The smallest absolute Gasteiger partial charge is 0.333 e. The molecule has 27 heavy (non-hydrogen) atoms. The van der Waals surface area contributed by atoms with Gasteiger partial charge in [0.05, 0.1) is 0 Å². The van der Waals surface area contributed by atoms with Crippen molar-refractivity contribution in [2.45, 2.75) is 64.0 Å². The highest BCUT2D eigenvalue weighted by Crippen LogP contribution is 2.52. The lowest BCUT2D eigenvalue weighted by atomic mass is 9.75. The zero-order chi connectivity index (χ0) is 21.8. The molecule has 0 bridgehead atoms. The number of carbonyl (C=O) groups excluding carboxylic acids is 2. The molecule has 9 heteroatoms. The lowest BCUT2D eigenvalue weighted by Gasteiger charge is -2.45. The maximum Gasteiger partial charge on any atom is 0.333 e. The van der Waals surface area contributed by atoms with Crippen LogP contribution in [0.15, 0.2) is 24.3 Å². The molecule has 0 aromatic carbocycles. The monoisotopic (exact) mass is 400 g/mol. The highest BCUT2D eigenvalue weighted by Gasteiger charge is 2.73. The maximum absolute atomic E-state index is 15.2. The average molecular weight is 400 g/mol. The van der Waals surface area contributed by atoms with Gasteiger partial charge in [-0.05, 0) is 34.1 Å². The Labute approximate surface area is 155 Å². The molecule has 156 valence electrons. The zero-order valence-electron chi connectivity index (χ0n) is 16.1. The van der Waals surface area contributed by atoms with Gasteiger partial charge >= 0.3 is 17.9 Å². The number of esters is 2.